The lowest BCUT2D eigenvalue weighted by atomic mass is 9.99. The zero-order chi connectivity index (χ0) is 13.8. The quantitative estimate of drug-likeness (QED) is 0.915. The summed E-state index contributed by atoms with van der Waals surface area (Å²) in [5.41, 5.74) is 7.52. The summed E-state index contributed by atoms with van der Waals surface area (Å²) in [7, 11) is 3.16. The molecule has 0 bridgehead atoms. The molecule has 0 aliphatic carbocycles. The van der Waals surface area contributed by atoms with Crippen LogP contribution >= 0.6 is 0 Å². The van der Waals surface area contributed by atoms with Gasteiger partial charge in [-0.1, -0.05) is 12.1 Å². The molecule has 2 rings (SSSR count). The fourth-order valence-electron chi connectivity index (χ4n) is 1.88. The summed E-state index contributed by atoms with van der Waals surface area (Å²) in [5.74, 6) is 0.883. The van der Waals surface area contributed by atoms with Crippen LogP contribution in [-0.4, -0.2) is 20.1 Å². The number of nitrogens with two attached hydrogens (primary N) is 1. The van der Waals surface area contributed by atoms with E-state index in [-0.39, 0.29) is 0 Å². The van der Waals surface area contributed by atoms with Crippen LogP contribution in [-0.2, 0) is 0 Å². The standard InChI is InChI=1S/C15H15NO3/c1-18-11-5-3-10(4-6-11)13-8-7-12(19-2)9-14(13)15(16)17/h3-9H,1-2H3,(H2,16,17). The Labute approximate surface area is 111 Å². The second-order valence-corrected chi connectivity index (χ2v) is 4.00. The zero-order valence-corrected chi connectivity index (χ0v) is 10.8. The number of benzene rings is 2. The van der Waals surface area contributed by atoms with Crippen LogP contribution in [0.15, 0.2) is 42.5 Å². The molecule has 2 aromatic carbocycles. The molecule has 0 radical (unpaired) electrons. The van der Waals surface area contributed by atoms with Crippen molar-refractivity contribution in [1.29, 1.82) is 0 Å². The van der Waals surface area contributed by atoms with Crippen molar-refractivity contribution in [2.24, 2.45) is 5.73 Å². The van der Waals surface area contributed by atoms with Gasteiger partial charge >= 0.3 is 0 Å². The Balaban J connectivity index is 2.50. The van der Waals surface area contributed by atoms with E-state index in [1.54, 1.807) is 26.4 Å². The maximum Gasteiger partial charge on any atom is 0.249 e. The molecule has 2 aromatic rings. The highest BCUT2D eigenvalue weighted by atomic mass is 16.5. The van der Waals surface area contributed by atoms with Gasteiger partial charge < -0.3 is 15.2 Å². The molecular formula is C15H15NO3. The van der Waals surface area contributed by atoms with Crippen molar-refractivity contribution < 1.29 is 14.3 Å². The highest BCUT2D eigenvalue weighted by molar-refractivity contribution is 6.00. The molecule has 0 aliphatic rings. The first-order valence-corrected chi connectivity index (χ1v) is 5.78. The Hall–Kier alpha value is -2.49. The highest BCUT2D eigenvalue weighted by Crippen LogP contribution is 2.28. The molecule has 4 heteroatoms. The SMILES string of the molecule is COc1ccc(-c2ccc(OC)cc2C(N)=O)cc1. The molecule has 2 N–H and O–H groups in total. The second kappa shape index (κ2) is 5.44. The molecule has 0 fully saturated rings. The fourth-order valence-corrected chi connectivity index (χ4v) is 1.88. The number of carbonyl (C=O) groups is 1. The Bertz CT molecular complexity index is 591. The van der Waals surface area contributed by atoms with Gasteiger partial charge in [-0.2, -0.15) is 0 Å². The number of carbonyl (C=O) groups excluding carboxylic acids is 1. The predicted molar refractivity (Wildman–Crippen MR) is 73.5 cm³/mol. The molecule has 0 atom stereocenters. The highest BCUT2D eigenvalue weighted by Gasteiger charge is 2.11. The van der Waals surface area contributed by atoms with Crippen molar-refractivity contribution in [3.8, 4) is 22.6 Å². The molecule has 0 aromatic heterocycles. The molecule has 19 heavy (non-hydrogen) atoms. The van der Waals surface area contributed by atoms with Gasteiger partial charge in [-0.3, -0.25) is 4.79 Å². The molecule has 0 saturated carbocycles. The van der Waals surface area contributed by atoms with Crippen molar-refractivity contribution in [3.05, 3.63) is 48.0 Å². The minimum Gasteiger partial charge on any atom is -0.497 e. The molecule has 0 heterocycles. The van der Waals surface area contributed by atoms with Crippen molar-refractivity contribution in [3.63, 3.8) is 0 Å². The van der Waals surface area contributed by atoms with Gasteiger partial charge in [0.2, 0.25) is 5.91 Å². The lowest BCUT2D eigenvalue weighted by molar-refractivity contribution is 0.100. The van der Waals surface area contributed by atoms with E-state index in [1.807, 2.05) is 30.3 Å². The normalized spacial score (nSPS) is 10.0. The molecule has 0 unspecified atom stereocenters. The van der Waals surface area contributed by atoms with Crippen molar-refractivity contribution in [2.45, 2.75) is 0 Å². The molecule has 4 nitrogen and oxygen atoms in total. The van der Waals surface area contributed by atoms with E-state index >= 15 is 0 Å². The van der Waals surface area contributed by atoms with Gasteiger partial charge in [0.05, 0.1) is 19.8 Å². The summed E-state index contributed by atoms with van der Waals surface area (Å²) in [6.45, 7) is 0. The van der Waals surface area contributed by atoms with Gasteiger partial charge in [0, 0.05) is 0 Å². The Morgan fingerprint density at radius 3 is 2.05 bits per heavy atom. The molecular weight excluding hydrogens is 242 g/mol. The van der Waals surface area contributed by atoms with Gasteiger partial charge in [0.1, 0.15) is 11.5 Å². The van der Waals surface area contributed by atoms with E-state index in [9.17, 15) is 4.79 Å². The van der Waals surface area contributed by atoms with Gasteiger partial charge in [-0.05, 0) is 41.5 Å². The van der Waals surface area contributed by atoms with Gasteiger partial charge in [-0.15, -0.1) is 0 Å². The maximum absolute atomic E-state index is 11.5. The zero-order valence-electron chi connectivity index (χ0n) is 10.8. The third-order valence-electron chi connectivity index (χ3n) is 2.89. The summed E-state index contributed by atoms with van der Waals surface area (Å²) in [5, 5.41) is 0. The van der Waals surface area contributed by atoms with Crippen molar-refractivity contribution in [2.75, 3.05) is 14.2 Å². The summed E-state index contributed by atoms with van der Waals surface area (Å²) in [6, 6.07) is 12.7. The van der Waals surface area contributed by atoms with Crippen LogP contribution in [0.2, 0.25) is 0 Å². The molecule has 1 amide bonds. The summed E-state index contributed by atoms with van der Waals surface area (Å²) < 4.78 is 10.2. The minimum atomic E-state index is -0.482. The minimum absolute atomic E-state index is 0.435. The molecule has 0 saturated heterocycles. The summed E-state index contributed by atoms with van der Waals surface area (Å²) >= 11 is 0. The largest absolute Gasteiger partial charge is 0.497 e. The number of hydrogen-bond acceptors (Lipinski definition) is 3. The van der Waals surface area contributed by atoms with Crippen LogP contribution in [0.3, 0.4) is 0 Å². The summed E-state index contributed by atoms with van der Waals surface area (Å²) in [6.07, 6.45) is 0. The first-order chi connectivity index (χ1) is 9.15. The lowest BCUT2D eigenvalue weighted by Gasteiger charge is -2.10. The summed E-state index contributed by atoms with van der Waals surface area (Å²) in [4.78, 5) is 11.5. The number of primary amides is 1. The monoisotopic (exact) mass is 257 g/mol. The van der Waals surface area contributed by atoms with E-state index in [0.29, 0.717) is 11.3 Å². The lowest BCUT2D eigenvalue weighted by Crippen LogP contribution is -2.12. The van der Waals surface area contributed by atoms with E-state index in [2.05, 4.69) is 0 Å². The van der Waals surface area contributed by atoms with Crippen molar-refractivity contribution >= 4 is 5.91 Å². The predicted octanol–water partition coefficient (Wildman–Crippen LogP) is 2.47. The van der Waals surface area contributed by atoms with Gasteiger partial charge in [0.15, 0.2) is 0 Å². The third-order valence-corrected chi connectivity index (χ3v) is 2.89. The van der Waals surface area contributed by atoms with E-state index in [0.717, 1.165) is 16.9 Å². The number of ether oxygens (including phenoxy) is 2. The number of rotatable bonds is 4. The fraction of sp³-hybridized carbons (Fsp3) is 0.133. The second-order valence-electron chi connectivity index (χ2n) is 4.00. The number of methoxy groups -OCH3 is 2. The molecule has 0 aliphatic heterocycles. The molecule has 0 spiro atoms. The average molecular weight is 257 g/mol. The van der Waals surface area contributed by atoms with Crippen LogP contribution in [0.5, 0.6) is 11.5 Å². The number of hydrogen-bond donors (Lipinski definition) is 1. The third kappa shape index (κ3) is 2.68. The van der Waals surface area contributed by atoms with Crippen LogP contribution in [0.1, 0.15) is 10.4 Å². The van der Waals surface area contributed by atoms with Gasteiger partial charge in [0.25, 0.3) is 0 Å². The van der Waals surface area contributed by atoms with Crippen LogP contribution < -0.4 is 15.2 Å². The number of amides is 1. The first-order valence-electron chi connectivity index (χ1n) is 5.78. The maximum atomic E-state index is 11.5. The topological polar surface area (TPSA) is 61.6 Å². The van der Waals surface area contributed by atoms with E-state index < -0.39 is 5.91 Å². The van der Waals surface area contributed by atoms with E-state index in [1.165, 1.54) is 0 Å². The first kappa shape index (κ1) is 13.0. The Kier molecular flexibility index (Phi) is 3.71. The van der Waals surface area contributed by atoms with Gasteiger partial charge in [-0.25, -0.2) is 0 Å². The van der Waals surface area contributed by atoms with E-state index in [4.69, 9.17) is 15.2 Å². The van der Waals surface area contributed by atoms with Crippen LogP contribution in [0.25, 0.3) is 11.1 Å². The molecule has 98 valence electrons. The van der Waals surface area contributed by atoms with Crippen LogP contribution in [0.4, 0.5) is 0 Å². The Morgan fingerprint density at radius 2 is 1.53 bits per heavy atom. The average Bonchev–Trinajstić information content (AvgIpc) is 2.46. The van der Waals surface area contributed by atoms with Crippen molar-refractivity contribution in [1.82, 2.24) is 0 Å². The van der Waals surface area contributed by atoms with Crippen LogP contribution in [0, 0.1) is 0 Å². The Morgan fingerprint density at radius 1 is 0.947 bits per heavy atom. The smallest absolute Gasteiger partial charge is 0.249 e.